The monoisotopic (exact) mass is 418 g/mol. The van der Waals surface area contributed by atoms with Gasteiger partial charge in [-0.1, -0.05) is 24.1 Å². The molecule has 5 rings (SSSR count). The van der Waals surface area contributed by atoms with Crippen LogP contribution in [0.25, 0.3) is 11.8 Å². The number of aromatic nitrogens is 2. The van der Waals surface area contributed by atoms with E-state index >= 15 is 0 Å². The highest BCUT2D eigenvalue weighted by atomic mass is 19.1. The minimum atomic E-state index is -0.262. The first kappa shape index (κ1) is 20.1. The van der Waals surface area contributed by atoms with E-state index in [1.807, 2.05) is 10.9 Å². The predicted octanol–water partition coefficient (Wildman–Crippen LogP) is 5.11. The molecule has 1 saturated carbocycles. The number of benzene rings is 1. The standard InChI is InChI=1S/C26H27FN2O2/c1-15(30)21-10-11-23-22(25(21)16(2)31)9-4-18-12-24-17(13-26(18,23)3)14-28-29(24)20-7-5-19(27)6-8-20/h5-8,11-12,14,21-22,25H,4,9-10,13H2,1-3H3/t21?,22-,25?,26-/m0/s1. The van der Waals surface area contributed by atoms with E-state index in [-0.39, 0.29) is 40.6 Å². The number of hydrogen-bond acceptors (Lipinski definition) is 3. The van der Waals surface area contributed by atoms with Crippen molar-refractivity contribution >= 4 is 17.6 Å². The van der Waals surface area contributed by atoms with Gasteiger partial charge in [0.05, 0.1) is 17.6 Å². The maximum atomic E-state index is 13.4. The highest BCUT2D eigenvalue weighted by molar-refractivity contribution is 5.88. The third-order valence-corrected chi connectivity index (χ3v) is 7.73. The molecule has 0 saturated heterocycles. The fourth-order valence-electron chi connectivity index (χ4n) is 6.22. The number of Topliss-reactive ketones (excluding diaryl/α,β-unsaturated/α-hetero) is 2. The van der Waals surface area contributed by atoms with Crippen LogP contribution in [0.2, 0.25) is 0 Å². The summed E-state index contributed by atoms with van der Waals surface area (Å²) in [6.07, 6.45) is 9.67. The number of allylic oxidation sites excluding steroid dienone is 3. The lowest BCUT2D eigenvalue weighted by atomic mass is 9.53. The van der Waals surface area contributed by atoms with E-state index in [0.29, 0.717) is 6.42 Å². The lowest BCUT2D eigenvalue weighted by Crippen LogP contribution is -2.45. The molecule has 160 valence electrons. The third kappa shape index (κ3) is 3.05. The predicted molar refractivity (Wildman–Crippen MR) is 117 cm³/mol. The van der Waals surface area contributed by atoms with Crippen LogP contribution in [0.15, 0.2) is 47.7 Å². The Labute approximate surface area is 181 Å². The molecule has 4 nitrogen and oxygen atoms in total. The fraction of sp³-hybridized carbons (Fsp3) is 0.423. The number of carbonyl (C=O) groups excluding carboxylic acids is 2. The first-order chi connectivity index (χ1) is 14.8. The van der Waals surface area contributed by atoms with Gasteiger partial charge in [0.25, 0.3) is 0 Å². The van der Waals surface area contributed by atoms with Crippen LogP contribution in [0, 0.1) is 29.0 Å². The Morgan fingerprint density at radius 1 is 1.16 bits per heavy atom. The normalized spacial score (nSPS) is 29.2. The fourth-order valence-corrected chi connectivity index (χ4v) is 6.22. The minimum Gasteiger partial charge on any atom is -0.300 e. The van der Waals surface area contributed by atoms with Crippen molar-refractivity contribution in [2.45, 2.75) is 46.5 Å². The van der Waals surface area contributed by atoms with Crippen molar-refractivity contribution in [1.82, 2.24) is 9.78 Å². The lowest BCUT2D eigenvalue weighted by molar-refractivity contribution is -0.132. The Kier molecular flexibility index (Phi) is 4.61. The molecule has 1 fully saturated rings. The summed E-state index contributed by atoms with van der Waals surface area (Å²) >= 11 is 0. The van der Waals surface area contributed by atoms with E-state index in [2.05, 4.69) is 24.2 Å². The summed E-state index contributed by atoms with van der Waals surface area (Å²) in [6.45, 7) is 5.54. The van der Waals surface area contributed by atoms with Gasteiger partial charge < -0.3 is 0 Å². The summed E-state index contributed by atoms with van der Waals surface area (Å²) in [5.41, 5.74) is 5.58. The topological polar surface area (TPSA) is 52.0 Å². The lowest BCUT2D eigenvalue weighted by Gasteiger charge is -2.50. The van der Waals surface area contributed by atoms with Crippen molar-refractivity contribution in [3.8, 4) is 5.69 Å². The van der Waals surface area contributed by atoms with Gasteiger partial charge in [0.15, 0.2) is 0 Å². The van der Waals surface area contributed by atoms with Gasteiger partial charge in [-0.2, -0.15) is 5.10 Å². The molecule has 0 N–H and O–H groups in total. The maximum absolute atomic E-state index is 13.4. The Hall–Kier alpha value is -2.82. The van der Waals surface area contributed by atoms with E-state index in [0.717, 1.165) is 36.2 Å². The van der Waals surface area contributed by atoms with E-state index in [1.54, 1.807) is 26.0 Å². The molecule has 1 aromatic carbocycles. The van der Waals surface area contributed by atoms with Crippen LogP contribution in [0.5, 0.6) is 0 Å². The molecule has 2 aromatic rings. The molecule has 2 unspecified atom stereocenters. The quantitative estimate of drug-likeness (QED) is 0.651. The van der Waals surface area contributed by atoms with E-state index in [9.17, 15) is 14.0 Å². The zero-order chi connectivity index (χ0) is 21.9. The van der Waals surface area contributed by atoms with E-state index in [1.165, 1.54) is 23.3 Å². The highest BCUT2D eigenvalue weighted by Gasteiger charge is 2.50. The van der Waals surface area contributed by atoms with Crippen molar-refractivity contribution in [2.75, 3.05) is 0 Å². The van der Waals surface area contributed by atoms with Crippen LogP contribution in [-0.2, 0) is 16.0 Å². The first-order valence-electron chi connectivity index (χ1n) is 11.0. The van der Waals surface area contributed by atoms with Gasteiger partial charge in [0, 0.05) is 17.3 Å². The summed E-state index contributed by atoms with van der Waals surface area (Å²) < 4.78 is 15.3. The van der Waals surface area contributed by atoms with Gasteiger partial charge in [0.1, 0.15) is 17.4 Å². The molecular weight excluding hydrogens is 391 g/mol. The summed E-state index contributed by atoms with van der Waals surface area (Å²) in [7, 11) is 0. The second-order valence-electron chi connectivity index (χ2n) is 9.52. The molecule has 0 spiro atoms. The molecule has 0 bridgehead atoms. The molecule has 1 aromatic heterocycles. The number of nitrogens with zero attached hydrogens (tertiary/aromatic N) is 2. The first-order valence-corrected chi connectivity index (χ1v) is 11.0. The van der Waals surface area contributed by atoms with Gasteiger partial charge in [-0.15, -0.1) is 0 Å². The molecule has 3 aliphatic rings. The summed E-state index contributed by atoms with van der Waals surface area (Å²) in [6, 6.07) is 6.40. The second kappa shape index (κ2) is 7.11. The van der Waals surface area contributed by atoms with Gasteiger partial charge >= 0.3 is 0 Å². The van der Waals surface area contributed by atoms with E-state index in [4.69, 9.17) is 0 Å². The van der Waals surface area contributed by atoms with Gasteiger partial charge in [0.2, 0.25) is 0 Å². The Bertz CT molecular complexity index is 1140. The molecule has 1 heterocycles. The number of ketones is 2. The Morgan fingerprint density at radius 3 is 2.58 bits per heavy atom. The van der Waals surface area contributed by atoms with Gasteiger partial charge in [-0.3, -0.25) is 9.59 Å². The Balaban J connectivity index is 1.56. The number of halogens is 1. The smallest absolute Gasteiger partial charge is 0.134 e. The maximum Gasteiger partial charge on any atom is 0.134 e. The Morgan fingerprint density at radius 2 is 1.90 bits per heavy atom. The van der Waals surface area contributed by atoms with E-state index < -0.39 is 0 Å². The van der Waals surface area contributed by atoms with Crippen molar-refractivity contribution in [2.24, 2.45) is 23.2 Å². The van der Waals surface area contributed by atoms with Crippen LogP contribution >= 0.6 is 0 Å². The largest absolute Gasteiger partial charge is 0.300 e. The van der Waals surface area contributed by atoms with Crippen molar-refractivity contribution in [3.05, 3.63) is 64.8 Å². The van der Waals surface area contributed by atoms with Crippen LogP contribution in [-0.4, -0.2) is 21.3 Å². The summed E-state index contributed by atoms with van der Waals surface area (Å²) in [5, 5.41) is 4.60. The molecule has 5 heteroatoms. The SMILES string of the molecule is CC(=O)C1CC=C2[C@H](CCC3=Cc4c(cnn4-c4ccc(F)cc4)C[C@@]32C)C1C(C)=O. The van der Waals surface area contributed by atoms with Crippen molar-refractivity contribution in [3.63, 3.8) is 0 Å². The molecule has 0 aliphatic heterocycles. The summed E-state index contributed by atoms with van der Waals surface area (Å²) in [4.78, 5) is 24.8. The van der Waals surface area contributed by atoms with Gasteiger partial charge in [-0.25, -0.2) is 9.07 Å². The number of fused-ring (bicyclic) bond motifs is 4. The molecular formula is C26H27FN2O2. The van der Waals surface area contributed by atoms with Crippen LogP contribution in [0.3, 0.4) is 0 Å². The average molecular weight is 419 g/mol. The van der Waals surface area contributed by atoms with Crippen molar-refractivity contribution in [1.29, 1.82) is 0 Å². The molecule has 4 atom stereocenters. The van der Waals surface area contributed by atoms with Crippen LogP contribution < -0.4 is 0 Å². The van der Waals surface area contributed by atoms with Crippen molar-refractivity contribution < 1.29 is 14.0 Å². The second-order valence-corrected chi connectivity index (χ2v) is 9.52. The average Bonchev–Trinajstić information content (AvgIpc) is 3.13. The van der Waals surface area contributed by atoms with Crippen LogP contribution in [0.1, 0.15) is 51.3 Å². The number of carbonyl (C=O) groups is 2. The molecule has 0 radical (unpaired) electrons. The third-order valence-electron chi connectivity index (χ3n) is 7.73. The number of rotatable bonds is 3. The molecule has 0 amide bonds. The molecule has 31 heavy (non-hydrogen) atoms. The highest BCUT2D eigenvalue weighted by Crippen LogP contribution is 2.57. The zero-order valence-electron chi connectivity index (χ0n) is 18.2. The molecule has 3 aliphatic carbocycles. The van der Waals surface area contributed by atoms with Gasteiger partial charge in [-0.05, 0) is 81.4 Å². The number of hydrogen-bond donors (Lipinski definition) is 0. The zero-order valence-corrected chi connectivity index (χ0v) is 18.2. The summed E-state index contributed by atoms with van der Waals surface area (Å²) in [5.74, 6) is -0.279. The van der Waals surface area contributed by atoms with Crippen LogP contribution in [0.4, 0.5) is 4.39 Å². The minimum absolute atomic E-state index is 0.119.